The standard InChI is InChI=1S/C15H9BrF2N2S/c16-9-2-1-3-11(6-9)19-15-20-14(8-21-15)12-5-4-10(17)7-13(12)18/h1-8H,(H,19,20). The number of thiazole rings is 1. The average Bonchev–Trinajstić information content (AvgIpc) is 2.87. The first-order chi connectivity index (χ1) is 10.1. The Labute approximate surface area is 132 Å². The van der Waals surface area contributed by atoms with Crippen LogP contribution in [0.2, 0.25) is 0 Å². The molecular weight excluding hydrogens is 358 g/mol. The molecule has 106 valence electrons. The van der Waals surface area contributed by atoms with Gasteiger partial charge in [-0.15, -0.1) is 11.3 Å². The van der Waals surface area contributed by atoms with Gasteiger partial charge in [-0.05, 0) is 30.3 Å². The van der Waals surface area contributed by atoms with Crippen LogP contribution in [0.1, 0.15) is 0 Å². The second kappa shape index (κ2) is 5.91. The van der Waals surface area contributed by atoms with Gasteiger partial charge in [0, 0.05) is 27.2 Å². The molecule has 0 aliphatic carbocycles. The van der Waals surface area contributed by atoms with Gasteiger partial charge >= 0.3 is 0 Å². The molecule has 0 amide bonds. The fourth-order valence-corrected chi connectivity index (χ4v) is 2.97. The molecular formula is C15H9BrF2N2S. The third-order valence-corrected chi connectivity index (χ3v) is 4.04. The Bertz CT molecular complexity index is 789. The summed E-state index contributed by atoms with van der Waals surface area (Å²) in [6, 6.07) is 11.1. The second-order valence-electron chi connectivity index (χ2n) is 4.30. The van der Waals surface area contributed by atoms with Crippen LogP contribution in [0.4, 0.5) is 19.6 Å². The summed E-state index contributed by atoms with van der Waals surface area (Å²) in [6.45, 7) is 0. The molecule has 2 nitrogen and oxygen atoms in total. The minimum absolute atomic E-state index is 0.287. The van der Waals surface area contributed by atoms with Crippen LogP contribution in [-0.4, -0.2) is 4.98 Å². The molecule has 0 fully saturated rings. The largest absolute Gasteiger partial charge is 0.332 e. The van der Waals surface area contributed by atoms with E-state index in [0.29, 0.717) is 10.8 Å². The smallest absolute Gasteiger partial charge is 0.187 e. The van der Waals surface area contributed by atoms with Crippen molar-refractivity contribution in [2.45, 2.75) is 0 Å². The zero-order valence-electron chi connectivity index (χ0n) is 10.6. The normalized spacial score (nSPS) is 10.6. The second-order valence-corrected chi connectivity index (χ2v) is 6.07. The number of halogens is 3. The SMILES string of the molecule is Fc1ccc(-c2csc(Nc3cccc(Br)c3)n2)c(F)c1. The van der Waals surface area contributed by atoms with E-state index in [1.165, 1.54) is 23.5 Å². The van der Waals surface area contributed by atoms with Crippen molar-refractivity contribution < 1.29 is 8.78 Å². The van der Waals surface area contributed by atoms with Gasteiger partial charge < -0.3 is 5.32 Å². The summed E-state index contributed by atoms with van der Waals surface area (Å²) in [7, 11) is 0. The molecule has 3 rings (SSSR count). The zero-order valence-corrected chi connectivity index (χ0v) is 13.0. The maximum absolute atomic E-state index is 13.7. The number of nitrogens with zero attached hydrogens (tertiary/aromatic N) is 1. The van der Waals surface area contributed by atoms with Gasteiger partial charge in [-0.2, -0.15) is 0 Å². The molecule has 6 heteroatoms. The van der Waals surface area contributed by atoms with E-state index >= 15 is 0 Å². The van der Waals surface area contributed by atoms with Crippen LogP contribution in [0.3, 0.4) is 0 Å². The highest BCUT2D eigenvalue weighted by molar-refractivity contribution is 9.10. The van der Waals surface area contributed by atoms with Crippen molar-refractivity contribution in [3.63, 3.8) is 0 Å². The summed E-state index contributed by atoms with van der Waals surface area (Å²) >= 11 is 4.75. The van der Waals surface area contributed by atoms with Crippen molar-refractivity contribution in [2.24, 2.45) is 0 Å². The lowest BCUT2D eigenvalue weighted by atomic mass is 10.1. The van der Waals surface area contributed by atoms with Crippen molar-refractivity contribution in [3.8, 4) is 11.3 Å². The molecule has 1 aromatic heterocycles. The van der Waals surface area contributed by atoms with Gasteiger partial charge in [-0.25, -0.2) is 13.8 Å². The van der Waals surface area contributed by atoms with Gasteiger partial charge in [0.1, 0.15) is 11.6 Å². The lowest BCUT2D eigenvalue weighted by molar-refractivity contribution is 0.585. The monoisotopic (exact) mass is 366 g/mol. The highest BCUT2D eigenvalue weighted by Crippen LogP contribution is 2.29. The maximum Gasteiger partial charge on any atom is 0.187 e. The summed E-state index contributed by atoms with van der Waals surface area (Å²) in [4.78, 5) is 4.33. The molecule has 0 aliphatic heterocycles. The Balaban J connectivity index is 1.86. The number of nitrogens with one attached hydrogen (secondary N) is 1. The Morgan fingerprint density at radius 3 is 2.71 bits per heavy atom. The van der Waals surface area contributed by atoms with E-state index in [1.807, 2.05) is 24.3 Å². The average molecular weight is 367 g/mol. The number of hydrogen-bond acceptors (Lipinski definition) is 3. The van der Waals surface area contributed by atoms with E-state index in [1.54, 1.807) is 5.38 Å². The molecule has 0 atom stereocenters. The summed E-state index contributed by atoms with van der Waals surface area (Å²) in [5, 5.41) is 5.52. The van der Waals surface area contributed by atoms with E-state index in [4.69, 9.17) is 0 Å². The molecule has 21 heavy (non-hydrogen) atoms. The fraction of sp³-hybridized carbons (Fsp3) is 0. The van der Waals surface area contributed by atoms with E-state index in [2.05, 4.69) is 26.2 Å². The number of hydrogen-bond donors (Lipinski definition) is 1. The van der Waals surface area contributed by atoms with Gasteiger partial charge in [0.15, 0.2) is 5.13 Å². The Morgan fingerprint density at radius 2 is 1.95 bits per heavy atom. The third kappa shape index (κ3) is 3.28. The number of benzene rings is 2. The molecule has 0 saturated heterocycles. The van der Waals surface area contributed by atoms with Crippen molar-refractivity contribution in [1.82, 2.24) is 4.98 Å². The van der Waals surface area contributed by atoms with Gasteiger partial charge in [0.05, 0.1) is 5.69 Å². The summed E-state index contributed by atoms with van der Waals surface area (Å²) in [6.07, 6.45) is 0. The predicted molar refractivity (Wildman–Crippen MR) is 84.9 cm³/mol. The van der Waals surface area contributed by atoms with Crippen LogP contribution >= 0.6 is 27.3 Å². The lowest BCUT2D eigenvalue weighted by Gasteiger charge is -2.02. The highest BCUT2D eigenvalue weighted by atomic mass is 79.9. The molecule has 0 bridgehead atoms. The van der Waals surface area contributed by atoms with Crippen molar-refractivity contribution in [1.29, 1.82) is 0 Å². The maximum atomic E-state index is 13.7. The molecule has 2 aromatic carbocycles. The fourth-order valence-electron chi connectivity index (χ4n) is 1.84. The molecule has 0 spiro atoms. The van der Waals surface area contributed by atoms with Crippen LogP contribution in [0.5, 0.6) is 0 Å². The van der Waals surface area contributed by atoms with Gasteiger partial charge in [-0.1, -0.05) is 22.0 Å². The van der Waals surface area contributed by atoms with Crippen LogP contribution in [0, 0.1) is 11.6 Å². The molecule has 0 radical (unpaired) electrons. The number of rotatable bonds is 3. The van der Waals surface area contributed by atoms with Crippen LogP contribution in [-0.2, 0) is 0 Å². The van der Waals surface area contributed by atoms with Crippen molar-refractivity contribution in [3.05, 3.63) is 64.0 Å². The predicted octanol–water partition coefficient (Wildman–Crippen LogP) is 5.59. The summed E-state index contributed by atoms with van der Waals surface area (Å²) in [5.41, 5.74) is 1.65. The first kappa shape index (κ1) is 14.2. The first-order valence-corrected chi connectivity index (χ1v) is 7.72. The Kier molecular flexibility index (Phi) is 3.98. The molecule has 0 unspecified atom stereocenters. The van der Waals surface area contributed by atoms with Crippen LogP contribution in [0.25, 0.3) is 11.3 Å². The molecule has 1 heterocycles. The molecule has 0 saturated carbocycles. The van der Waals surface area contributed by atoms with E-state index < -0.39 is 11.6 Å². The lowest BCUT2D eigenvalue weighted by Crippen LogP contribution is -1.90. The third-order valence-electron chi connectivity index (χ3n) is 2.79. The minimum atomic E-state index is -0.616. The van der Waals surface area contributed by atoms with Gasteiger partial charge in [0.2, 0.25) is 0 Å². The minimum Gasteiger partial charge on any atom is -0.332 e. The molecule has 1 N–H and O–H groups in total. The van der Waals surface area contributed by atoms with Crippen LogP contribution < -0.4 is 5.32 Å². The first-order valence-electron chi connectivity index (χ1n) is 6.05. The topological polar surface area (TPSA) is 24.9 Å². The Hall–Kier alpha value is -1.79. The van der Waals surface area contributed by atoms with Crippen LogP contribution in [0.15, 0.2) is 52.3 Å². The van der Waals surface area contributed by atoms with E-state index in [9.17, 15) is 8.78 Å². The molecule has 3 aromatic rings. The van der Waals surface area contributed by atoms with E-state index in [-0.39, 0.29) is 5.56 Å². The van der Waals surface area contributed by atoms with E-state index in [0.717, 1.165) is 16.2 Å². The molecule has 0 aliphatic rings. The number of aromatic nitrogens is 1. The van der Waals surface area contributed by atoms with Crippen molar-refractivity contribution in [2.75, 3.05) is 5.32 Å². The number of anilines is 2. The highest BCUT2D eigenvalue weighted by Gasteiger charge is 2.10. The summed E-state index contributed by atoms with van der Waals surface area (Å²) in [5.74, 6) is -1.21. The van der Waals surface area contributed by atoms with Gasteiger partial charge in [-0.3, -0.25) is 0 Å². The zero-order chi connectivity index (χ0) is 14.8. The summed E-state index contributed by atoms with van der Waals surface area (Å²) < 4.78 is 27.6. The van der Waals surface area contributed by atoms with Gasteiger partial charge in [0.25, 0.3) is 0 Å². The quantitative estimate of drug-likeness (QED) is 0.652. The van der Waals surface area contributed by atoms with Crippen molar-refractivity contribution >= 4 is 38.1 Å². The Morgan fingerprint density at radius 1 is 1.10 bits per heavy atom.